The first-order chi connectivity index (χ1) is 24.6. The molecule has 3 aliphatic carbocycles. The van der Waals surface area contributed by atoms with Gasteiger partial charge in [-0.15, -0.1) is 0 Å². The van der Waals surface area contributed by atoms with E-state index in [0.29, 0.717) is 12.0 Å². The van der Waals surface area contributed by atoms with Gasteiger partial charge in [0.1, 0.15) is 12.2 Å². The number of furan rings is 1. The van der Waals surface area contributed by atoms with Gasteiger partial charge in [-0.05, 0) is 42.4 Å². The molecule has 15 heteroatoms. The third-order valence-electron chi connectivity index (χ3n) is 12.0. The maximum atomic E-state index is 15.4. The van der Waals surface area contributed by atoms with Gasteiger partial charge in [0.25, 0.3) is 0 Å². The maximum absolute atomic E-state index is 15.4. The number of fused-ring (bicyclic) bond motifs is 5. The van der Waals surface area contributed by atoms with Crippen LogP contribution in [0.2, 0.25) is 0 Å². The van der Waals surface area contributed by atoms with Crippen LogP contribution in [0.25, 0.3) is 0 Å². The van der Waals surface area contributed by atoms with Gasteiger partial charge in [-0.25, -0.2) is 9.59 Å². The van der Waals surface area contributed by atoms with Crippen LogP contribution >= 0.6 is 0 Å². The summed E-state index contributed by atoms with van der Waals surface area (Å²) < 4.78 is 39.7. The molecule has 4 aliphatic rings. The van der Waals surface area contributed by atoms with E-state index in [1.54, 1.807) is 40.7 Å². The third-order valence-corrected chi connectivity index (χ3v) is 12.0. The molecule has 290 valence electrons. The van der Waals surface area contributed by atoms with Crippen molar-refractivity contribution in [3.63, 3.8) is 0 Å². The molecule has 1 saturated heterocycles. The number of hydrogen-bond donors (Lipinski definition) is 1. The van der Waals surface area contributed by atoms with Crippen molar-refractivity contribution in [2.45, 2.75) is 118 Å². The number of methoxy groups -OCH3 is 1. The number of cyclic esters (lactones) is 1. The molecule has 15 nitrogen and oxygen atoms in total. The summed E-state index contributed by atoms with van der Waals surface area (Å²) in [6.07, 6.45) is -4.86. The topological polar surface area (TPSA) is 208 Å². The van der Waals surface area contributed by atoms with Crippen molar-refractivity contribution in [3.8, 4) is 0 Å². The van der Waals surface area contributed by atoms with Crippen LogP contribution in [0.1, 0.15) is 93.2 Å². The van der Waals surface area contributed by atoms with Gasteiger partial charge in [-0.1, -0.05) is 41.5 Å². The Bertz CT molecular complexity index is 1740. The number of carbonyl (C=O) groups is 7. The van der Waals surface area contributed by atoms with Crippen LogP contribution in [0.4, 0.5) is 0 Å². The monoisotopic (exact) mass is 744 g/mol. The zero-order valence-corrected chi connectivity index (χ0v) is 31.6. The molecule has 2 saturated carbocycles. The molecule has 5 rings (SSSR count). The summed E-state index contributed by atoms with van der Waals surface area (Å²) in [6, 6.07) is 1.60. The maximum Gasteiger partial charge on any atom is 0.352 e. The van der Waals surface area contributed by atoms with Gasteiger partial charge in [0, 0.05) is 48.5 Å². The first-order valence-corrected chi connectivity index (χ1v) is 17.7. The van der Waals surface area contributed by atoms with Gasteiger partial charge in [0.15, 0.2) is 11.9 Å². The molecule has 2 bridgehead atoms. The number of ketones is 1. The molecule has 1 aromatic rings. The minimum Gasteiger partial charge on any atom is -0.472 e. The van der Waals surface area contributed by atoms with E-state index in [0.717, 1.165) is 27.9 Å². The Morgan fingerprint density at radius 1 is 0.962 bits per heavy atom. The second-order valence-corrected chi connectivity index (χ2v) is 15.6. The molecule has 11 atom stereocenters. The fourth-order valence-electron chi connectivity index (χ4n) is 9.76. The average Bonchev–Trinajstić information content (AvgIpc) is 3.61. The van der Waals surface area contributed by atoms with Crippen molar-refractivity contribution < 1.29 is 71.5 Å². The highest BCUT2D eigenvalue weighted by atomic mass is 16.6. The highest BCUT2D eigenvalue weighted by Gasteiger charge is 2.80. The Morgan fingerprint density at radius 3 is 2.13 bits per heavy atom. The number of carbonyl (C=O) groups excluding carboxylic acids is 7. The number of aliphatic hydroxyl groups is 1. The Morgan fingerprint density at radius 2 is 1.60 bits per heavy atom. The normalized spacial score (nSPS) is 35.4. The van der Waals surface area contributed by atoms with Crippen LogP contribution in [0.3, 0.4) is 0 Å². The molecular formula is C38H48O15. The largest absolute Gasteiger partial charge is 0.472 e. The number of hydrogen-bond acceptors (Lipinski definition) is 15. The summed E-state index contributed by atoms with van der Waals surface area (Å²) in [4.78, 5) is 95.0. The third kappa shape index (κ3) is 5.95. The first-order valence-electron chi connectivity index (χ1n) is 17.7. The highest BCUT2D eigenvalue weighted by molar-refractivity contribution is 6.00. The number of Topliss-reactive ketones (excluding diaryl/α,β-unsaturated/α-hetero) is 1. The van der Waals surface area contributed by atoms with Crippen LogP contribution in [-0.2, 0) is 62.0 Å². The van der Waals surface area contributed by atoms with Crippen molar-refractivity contribution in [1.29, 1.82) is 0 Å². The summed E-state index contributed by atoms with van der Waals surface area (Å²) in [5.74, 6) is -9.52. The molecule has 3 fully saturated rings. The predicted octanol–water partition coefficient (Wildman–Crippen LogP) is 3.49. The van der Waals surface area contributed by atoms with Crippen molar-refractivity contribution >= 4 is 41.6 Å². The predicted molar refractivity (Wildman–Crippen MR) is 179 cm³/mol. The van der Waals surface area contributed by atoms with Crippen LogP contribution in [0.5, 0.6) is 0 Å². The van der Waals surface area contributed by atoms with E-state index < -0.39 is 112 Å². The van der Waals surface area contributed by atoms with E-state index in [9.17, 15) is 33.9 Å². The molecule has 0 spiro atoms. The molecule has 0 radical (unpaired) electrons. The lowest BCUT2D eigenvalue weighted by Gasteiger charge is -2.67. The van der Waals surface area contributed by atoms with Crippen molar-refractivity contribution in [2.24, 2.45) is 34.0 Å². The first kappa shape index (κ1) is 39.7. The van der Waals surface area contributed by atoms with Crippen molar-refractivity contribution in [1.82, 2.24) is 0 Å². The van der Waals surface area contributed by atoms with E-state index >= 15 is 4.79 Å². The molecule has 1 aromatic heterocycles. The number of ether oxygens (including phenoxy) is 6. The molecule has 0 aromatic carbocycles. The van der Waals surface area contributed by atoms with E-state index in [-0.39, 0.29) is 24.0 Å². The van der Waals surface area contributed by atoms with Gasteiger partial charge < -0.3 is 37.9 Å². The minimum absolute atomic E-state index is 0.0616. The van der Waals surface area contributed by atoms with E-state index in [4.69, 9.17) is 32.8 Å². The summed E-state index contributed by atoms with van der Waals surface area (Å²) in [5, 5.41) is 13.2. The standard InChI is InChI=1S/C38H48O15/c1-11-17(2)30(42)53-34-35(6,7)27(26(31(43)47-10)50-19(4)40)37(9)22-12-14-36(8)24(23(22)29(51-20(5)41)38(34,46)33(37)45)25(49-18(3)39)32(44)52-28(36)21-13-15-48-16-21/h13,15-17,22,25-29,34,46H,11-12,14H2,1-10H3/t17-,22+,25-,26-,27+,28+,29+,34+,36-,37-,38+/m1/s1. The fourth-order valence-corrected chi connectivity index (χ4v) is 9.76. The molecule has 0 amide bonds. The fraction of sp³-hybridized carbons (Fsp3) is 0.658. The van der Waals surface area contributed by atoms with Crippen LogP contribution in [0.15, 0.2) is 34.2 Å². The van der Waals surface area contributed by atoms with Crippen molar-refractivity contribution in [2.75, 3.05) is 7.11 Å². The lowest BCUT2D eigenvalue weighted by molar-refractivity contribution is -0.269. The molecule has 53 heavy (non-hydrogen) atoms. The van der Waals surface area contributed by atoms with Crippen LogP contribution in [0, 0.1) is 34.0 Å². The molecular weight excluding hydrogens is 696 g/mol. The second-order valence-electron chi connectivity index (χ2n) is 15.6. The number of rotatable bonds is 9. The molecule has 1 aliphatic heterocycles. The zero-order valence-electron chi connectivity index (χ0n) is 31.6. The van der Waals surface area contributed by atoms with Crippen LogP contribution in [-0.4, -0.2) is 83.8 Å². The highest BCUT2D eigenvalue weighted by Crippen LogP contribution is 2.70. The Labute approximate surface area is 307 Å². The Hall–Kier alpha value is -4.53. The van der Waals surface area contributed by atoms with Crippen LogP contribution < -0.4 is 0 Å². The lowest BCUT2D eigenvalue weighted by Crippen LogP contribution is -2.81. The smallest absolute Gasteiger partial charge is 0.352 e. The van der Waals surface area contributed by atoms with Gasteiger partial charge in [-0.2, -0.15) is 0 Å². The van der Waals surface area contributed by atoms with Crippen molar-refractivity contribution in [3.05, 3.63) is 35.3 Å². The van der Waals surface area contributed by atoms with Gasteiger partial charge >= 0.3 is 35.8 Å². The van der Waals surface area contributed by atoms with E-state index in [2.05, 4.69) is 0 Å². The van der Waals surface area contributed by atoms with Gasteiger partial charge in [0.05, 0.1) is 25.6 Å². The summed E-state index contributed by atoms with van der Waals surface area (Å²) in [5.41, 5.74) is -6.92. The summed E-state index contributed by atoms with van der Waals surface area (Å²) in [7, 11) is 1.08. The van der Waals surface area contributed by atoms with Gasteiger partial charge in [-0.3, -0.25) is 24.0 Å². The lowest BCUT2D eigenvalue weighted by atomic mass is 9.38. The molecule has 2 heterocycles. The summed E-state index contributed by atoms with van der Waals surface area (Å²) in [6.45, 7) is 13.0. The van der Waals surface area contributed by atoms with E-state index in [1.807, 2.05) is 0 Å². The Balaban J connectivity index is 1.95. The minimum atomic E-state index is -2.86. The molecule has 1 N–H and O–H groups in total. The second kappa shape index (κ2) is 13.7. The quantitative estimate of drug-likeness (QED) is 0.218. The van der Waals surface area contributed by atoms with E-state index in [1.165, 1.54) is 19.5 Å². The molecule has 0 unspecified atom stereocenters. The zero-order chi connectivity index (χ0) is 39.6. The van der Waals surface area contributed by atoms with Gasteiger partial charge in [0.2, 0.25) is 17.8 Å². The number of esters is 6. The Kier molecular flexibility index (Phi) is 10.3. The SMILES string of the molecule is CC[C@@H](C)C(=O)O[C@H]1C(C)(C)[C@H]([C@@H](OC(C)=O)C(=O)OC)[C@]2(C)C(=O)[C@@]1(O)[C@@H](OC(C)=O)C1=C3[C@@H](OC(C)=O)C(=O)O[C@@H](c4ccoc4)[C@]3(C)CC[C@@H]12. The average molecular weight is 745 g/mol. The summed E-state index contributed by atoms with van der Waals surface area (Å²) >= 11 is 0.